The van der Waals surface area contributed by atoms with Gasteiger partial charge in [-0.05, 0) is 47.7 Å². The van der Waals surface area contributed by atoms with Crippen molar-refractivity contribution in [3.63, 3.8) is 0 Å². The van der Waals surface area contributed by atoms with Crippen LogP contribution in [0.4, 0.5) is 10.6 Å². The second-order valence-corrected chi connectivity index (χ2v) is 11.5. The number of pyridine rings is 1. The number of benzene rings is 2. The molecule has 0 spiro atoms. The quantitative estimate of drug-likeness (QED) is 0.426. The molecule has 0 saturated carbocycles. The number of hydrogen-bond donors (Lipinski definition) is 2. The van der Waals surface area contributed by atoms with Crippen molar-refractivity contribution >= 4 is 11.9 Å². The molecule has 1 aliphatic carbocycles. The van der Waals surface area contributed by atoms with Gasteiger partial charge in [0.15, 0.2) is 0 Å². The average molecular weight is 500 g/mol. The van der Waals surface area contributed by atoms with Gasteiger partial charge in [0.2, 0.25) is 0 Å². The van der Waals surface area contributed by atoms with Gasteiger partial charge in [-0.3, -0.25) is 0 Å². The maximum absolute atomic E-state index is 11.0. The smallest absolute Gasteiger partial charge is 0.404 e. The number of nitrogens with zero attached hydrogens (tertiary/aromatic N) is 2. The normalized spacial score (nSPS) is 20.4. The lowest BCUT2D eigenvalue weighted by Crippen LogP contribution is -2.44. The van der Waals surface area contributed by atoms with Crippen molar-refractivity contribution in [2.45, 2.75) is 70.1 Å². The van der Waals surface area contributed by atoms with Crippen molar-refractivity contribution in [1.82, 2.24) is 10.3 Å². The molecule has 1 fully saturated rings. The van der Waals surface area contributed by atoms with Crippen LogP contribution in [0.25, 0.3) is 11.3 Å². The third-order valence-corrected chi connectivity index (χ3v) is 8.16. The maximum Gasteiger partial charge on any atom is 0.404 e. The molecule has 6 heteroatoms. The van der Waals surface area contributed by atoms with Crippen LogP contribution in [0.5, 0.6) is 0 Å². The molecule has 6 nitrogen and oxygen atoms in total. The number of ether oxygens (including phenoxy) is 1. The molecule has 2 aliphatic rings. The number of fused-ring (bicyclic) bond motifs is 1. The molecular formula is C31H37N3O3. The van der Waals surface area contributed by atoms with Crippen LogP contribution in [0.1, 0.15) is 57.2 Å². The summed E-state index contributed by atoms with van der Waals surface area (Å²) in [6.07, 6.45) is 0.662. The first-order valence-corrected chi connectivity index (χ1v) is 13.2. The topological polar surface area (TPSA) is 74.7 Å². The van der Waals surface area contributed by atoms with E-state index in [1.54, 1.807) is 0 Å². The molecule has 1 aliphatic heterocycles. The summed E-state index contributed by atoms with van der Waals surface area (Å²) in [7, 11) is 0. The molecule has 1 amide bonds. The van der Waals surface area contributed by atoms with Gasteiger partial charge in [0.25, 0.3) is 0 Å². The summed E-state index contributed by atoms with van der Waals surface area (Å²) in [6, 6.07) is 23.3. The number of amides is 1. The van der Waals surface area contributed by atoms with Gasteiger partial charge in [0, 0.05) is 35.5 Å². The Balaban J connectivity index is 1.37. The zero-order chi connectivity index (χ0) is 26.2. The van der Waals surface area contributed by atoms with Crippen molar-refractivity contribution in [1.29, 1.82) is 0 Å². The van der Waals surface area contributed by atoms with E-state index in [0.29, 0.717) is 6.61 Å². The van der Waals surface area contributed by atoms with Crippen molar-refractivity contribution < 1.29 is 14.6 Å². The maximum atomic E-state index is 11.0. The Hall–Kier alpha value is -3.38. The predicted molar refractivity (Wildman–Crippen MR) is 147 cm³/mol. The Bertz CT molecular complexity index is 1260. The van der Waals surface area contributed by atoms with Crippen LogP contribution in [-0.2, 0) is 22.2 Å². The zero-order valence-corrected chi connectivity index (χ0v) is 22.2. The van der Waals surface area contributed by atoms with Gasteiger partial charge in [0.1, 0.15) is 5.82 Å². The number of hydrogen-bond acceptors (Lipinski definition) is 4. The van der Waals surface area contributed by atoms with Gasteiger partial charge in [-0.1, -0.05) is 76.2 Å². The molecular weight excluding hydrogens is 462 g/mol. The van der Waals surface area contributed by atoms with Crippen LogP contribution >= 0.6 is 0 Å². The summed E-state index contributed by atoms with van der Waals surface area (Å²) in [5.41, 5.74) is 5.64. The summed E-state index contributed by atoms with van der Waals surface area (Å²) in [6.45, 7) is 11.3. The number of anilines is 1. The standard InChI is InChI=1S/C31H37N3O3/c1-30(2)24-14-13-22(19-25(24)31(3,4)28(30)37-20-21-9-6-5-7-10-21)26-11-8-12-27(33-26)34-17-15-23(16-18-34)32-29(35)36/h5-14,19,23,28,32H,15-18,20H2,1-4H3,(H,35,36). The summed E-state index contributed by atoms with van der Waals surface area (Å²) in [5.74, 6) is 0.940. The molecule has 2 heterocycles. The molecule has 0 bridgehead atoms. The van der Waals surface area contributed by atoms with E-state index in [-0.39, 0.29) is 23.0 Å². The fourth-order valence-corrected chi connectivity index (χ4v) is 6.34. The monoisotopic (exact) mass is 499 g/mol. The van der Waals surface area contributed by atoms with Gasteiger partial charge in [-0.25, -0.2) is 9.78 Å². The first-order valence-electron chi connectivity index (χ1n) is 13.2. The molecule has 1 unspecified atom stereocenters. The van der Waals surface area contributed by atoms with Gasteiger partial charge >= 0.3 is 6.09 Å². The highest BCUT2D eigenvalue weighted by Crippen LogP contribution is 2.52. The lowest BCUT2D eigenvalue weighted by Gasteiger charge is -2.36. The van der Waals surface area contributed by atoms with Gasteiger partial charge < -0.3 is 20.1 Å². The minimum Gasteiger partial charge on any atom is -0.465 e. The summed E-state index contributed by atoms with van der Waals surface area (Å²) in [5, 5.41) is 11.6. The highest BCUT2D eigenvalue weighted by atomic mass is 16.5. The molecule has 1 aromatic heterocycles. The number of aromatic nitrogens is 1. The molecule has 1 saturated heterocycles. The Morgan fingerprint density at radius 2 is 1.68 bits per heavy atom. The van der Waals surface area contributed by atoms with Gasteiger partial charge in [-0.2, -0.15) is 0 Å². The van der Waals surface area contributed by atoms with Crippen molar-refractivity contribution in [2.75, 3.05) is 18.0 Å². The molecule has 5 rings (SSSR count). The Labute approximate surface area is 219 Å². The lowest BCUT2D eigenvalue weighted by molar-refractivity contribution is -0.0339. The highest BCUT2D eigenvalue weighted by molar-refractivity contribution is 5.66. The largest absolute Gasteiger partial charge is 0.465 e. The van der Waals surface area contributed by atoms with Crippen LogP contribution in [0.3, 0.4) is 0 Å². The first kappa shape index (κ1) is 25.3. The van der Waals surface area contributed by atoms with Crippen molar-refractivity contribution in [3.8, 4) is 11.3 Å². The number of carboxylic acid groups (broad SMARTS) is 1. The van der Waals surface area contributed by atoms with Gasteiger partial charge in [0.05, 0.1) is 18.4 Å². The number of rotatable bonds is 6. The molecule has 37 heavy (non-hydrogen) atoms. The predicted octanol–water partition coefficient (Wildman–Crippen LogP) is 6.14. The van der Waals surface area contributed by atoms with E-state index in [2.05, 4.69) is 92.5 Å². The van der Waals surface area contributed by atoms with Crippen LogP contribution in [0.15, 0.2) is 66.7 Å². The van der Waals surface area contributed by atoms with Crippen LogP contribution < -0.4 is 10.2 Å². The fourth-order valence-electron chi connectivity index (χ4n) is 6.34. The van der Waals surface area contributed by atoms with E-state index < -0.39 is 6.09 Å². The minimum atomic E-state index is -0.950. The van der Waals surface area contributed by atoms with Crippen molar-refractivity contribution in [3.05, 3.63) is 83.4 Å². The van der Waals surface area contributed by atoms with E-state index in [1.807, 2.05) is 12.1 Å². The molecule has 2 aromatic carbocycles. The fraction of sp³-hybridized carbons (Fsp3) is 0.419. The van der Waals surface area contributed by atoms with Crippen LogP contribution in [0, 0.1) is 0 Å². The first-order chi connectivity index (χ1) is 17.7. The molecule has 194 valence electrons. The minimum absolute atomic E-state index is 0.0104. The molecule has 2 N–H and O–H groups in total. The van der Waals surface area contributed by atoms with Gasteiger partial charge in [-0.15, -0.1) is 0 Å². The number of nitrogens with one attached hydrogen (secondary N) is 1. The molecule has 3 aromatic rings. The SMILES string of the molecule is CC1(C)c2ccc(-c3cccc(N4CCC(NC(=O)O)CC4)n3)cc2C(C)(C)C1OCc1ccccc1. The van der Waals surface area contributed by atoms with E-state index in [1.165, 1.54) is 16.7 Å². The Morgan fingerprint density at radius 1 is 0.973 bits per heavy atom. The summed E-state index contributed by atoms with van der Waals surface area (Å²) < 4.78 is 6.61. The Morgan fingerprint density at radius 3 is 2.38 bits per heavy atom. The van der Waals surface area contributed by atoms with E-state index in [0.717, 1.165) is 43.0 Å². The van der Waals surface area contributed by atoms with E-state index in [9.17, 15) is 4.79 Å². The Kier molecular flexibility index (Phi) is 6.71. The average Bonchev–Trinajstić information content (AvgIpc) is 3.04. The number of carbonyl (C=O) groups is 1. The van der Waals surface area contributed by atoms with Crippen LogP contribution in [-0.4, -0.2) is 41.4 Å². The van der Waals surface area contributed by atoms with Crippen LogP contribution in [0.2, 0.25) is 0 Å². The summed E-state index contributed by atoms with van der Waals surface area (Å²) in [4.78, 5) is 18.2. The zero-order valence-electron chi connectivity index (χ0n) is 22.2. The number of piperidine rings is 1. The lowest BCUT2D eigenvalue weighted by atomic mass is 9.78. The third kappa shape index (κ3) is 4.95. The highest BCUT2D eigenvalue weighted by Gasteiger charge is 2.52. The second kappa shape index (κ2) is 9.82. The third-order valence-electron chi connectivity index (χ3n) is 8.16. The molecule has 1 atom stereocenters. The second-order valence-electron chi connectivity index (χ2n) is 11.5. The summed E-state index contributed by atoms with van der Waals surface area (Å²) >= 11 is 0. The van der Waals surface area contributed by atoms with E-state index >= 15 is 0 Å². The van der Waals surface area contributed by atoms with E-state index in [4.69, 9.17) is 14.8 Å². The molecule has 0 radical (unpaired) electrons. The van der Waals surface area contributed by atoms with Crippen molar-refractivity contribution in [2.24, 2.45) is 0 Å².